The highest BCUT2D eigenvalue weighted by Crippen LogP contribution is 2.34. The molecule has 0 bridgehead atoms. The number of alkyl halides is 2. The molecule has 0 spiro atoms. The lowest BCUT2D eigenvalue weighted by molar-refractivity contribution is -0.135. The Kier molecular flexibility index (Phi) is 7.90. The molecular formula is C30H21F7O. The summed E-state index contributed by atoms with van der Waals surface area (Å²) in [5.41, 5.74) is 3.00. The molecule has 4 rings (SSSR count). The number of ether oxygens (including phenoxy) is 1. The first-order valence-corrected chi connectivity index (χ1v) is 11.7. The van der Waals surface area contributed by atoms with Gasteiger partial charge in [0.1, 0.15) is 11.6 Å². The summed E-state index contributed by atoms with van der Waals surface area (Å²) < 4.78 is 99.3. The lowest BCUT2D eigenvalue weighted by atomic mass is 9.96. The van der Waals surface area contributed by atoms with E-state index in [1.165, 1.54) is 23.8 Å². The Morgan fingerprint density at radius 3 is 1.71 bits per heavy atom. The predicted octanol–water partition coefficient (Wildman–Crippen LogP) is 9.81. The zero-order valence-electron chi connectivity index (χ0n) is 20.1. The fourth-order valence-corrected chi connectivity index (χ4v) is 4.05. The van der Waals surface area contributed by atoms with Crippen LogP contribution in [0.2, 0.25) is 0 Å². The van der Waals surface area contributed by atoms with Gasteiger partial charge in [-0.15, -0.1) is 0 Å². The average Bonchev–Trinajstić information content (AvgIpc) is 2.85. The summed E-state index contributed by atoms with van der Waals surface area (Å²) in [6.07, 6.45) is -5.91. The molecule has 0 aliphatic heterocycles. The topological polar surface area (TPSA) is 9.23 Å². The van der Waals surface area contributed by atoms with E-state index in [0.29, 0.717) is 5.56 Å². The van der Waals surface area contributed by atoms with Crippen molar-refractivity contribution in [1.82, 2.24) is 0 Å². The van der Waals surface area contributed by atoms with Gasteiger partial charge in [-0.1, -0.05) is 67.9 Å². The van der Waals surface area contributed by atoms with Crippen LogP contribution in [0, 0.1) is 17.5 Å². The van der Waals surface area contributed by atoms with E-state index in [9.17, 15) is 30.7 Å². The van der Waals surface area contributed by atoms with Crippen molar-refractivity contribution in [2.24, 2.45) is 0 Å². The fourth-order valence-electron chi connectivity index (χ4n) is 4.05. The normalized spacial score (nSPS) is 11.4. The summed E-state index contributed by atoms with van der Waals surface area (Å²) in [5, 5.41) is 0. The van der Waals surface area contributed by atoms with Crippen LogP contribution in [0.1, 0.15) is 18.9 Å². The SMILES string of the molecule is CCCc1ccc(-c2ccc(-c3ccc(-c4ccc(OC(F)(F)C=C(F)F)c(F)c4)c(F)c3)c(F)c2)cc1. The van der Waals surface area contributed by atoms with E-state index < -0.39 is 41.5 Å². The van der Waals surface area contributed by atoms with Crippen LogP contribution < -0.4 is 4.74 Å². The molecule has 0 N–H and O–H groups in total. The van der Waals surface area contributed by atoms with Gasteiger partial charge in [-0.2, -0.15) is 17.6 Å². The number of halogens is 7. The molecule has 0 radical (unpaired) electrons. The van der Waals surface area contributed by atoms with Crippen molar-refractivity contribution in [2.75, 3.05) is 0 Å². The van der Waals surface area contributed by atoms with Gasteiger partial charge in [0.05, 0.1) is 6.08 Å². The van der Waals surface area contributed by atoms with Crippen molar-refractivity contribution < 1.29 is 35.5 Å². The van der Waals surface area contributed by atoms with Gasteiger partial charge in [0.25, 0.3) is 6.08 Å². The third kappa shape index (κ3) is 6.25. The molecule has 0 aliphatic carbocycles. The van der Waals surface area contributed by atoms with E-state index >= 15 is 0 Å². The monoisotopic (exact) mass is 530 g/mol. The van der Waals surface area contributed by atoms with Gasteiger partial charge in [-0.3, -0.25) is 0 Å². The largest absolute Gasteiger partial charge is 0.426 e. The van der Waals surface area contributed by atoms with Crippen molar-refractivity contribution in [3.05, 3.63) is 114 Å². The Labute approximate surface area is 214 Å². The third-order valence-corrected chi connectivity index (χ3v) is 5.84. The van der Waals surface area contributed by atoms with Crippen molar-refractivity contribution in [3.63, 3.8) is 0 Å². The molecule has 0 amide bonds. The minimum Gasteiger partial charge on any atom is -0.426 e. The van der Waals surface area contributed by atoms with Crippen molar-refractivity contribution in [2.45, 2.75) is 25.9 Å². The summed E-state index contributed by atoms with van der Waals surface area (Å²) in [7, 11) is 0. The lowest BCUT2D eigenvalue weighted by Crippen LogP contribution is -2.22. The Hall–Kier alpha value is -4.07. The number of hydrogen-bond donors (Lipinski definition) is 0. The number of aryl methyl sites for hydroxylation is 1. The number of hydrogen-bond acceptors (Lipinski definition) is 1. The first-order chi connectivity index (χ1) is 18.1. The standard InChI is InChI=1S/C30H21F7O/c1-2-3-18-4-6-19(7-5-18)20-8-11-23(25(31)14-20)21-9-12-24(26(32)15-21)22-10-13-28(27(33)16-22)38-30(36,37)17-29(34)35/h4-17H,2-3H2,1H3. The molecule has 0 saturated carbocycles. The van der Waals surface area contributed by atoms with Crippen LogP contribution in [0.3, 0.4) is 0 Å². The molecule has 0 heterocycles. The Morgan fingerprint density at radius 1 is 0.684 bits per heavy atom. The van der Waals surface area contributed by atoms with E-state index in [4.69, 9.17) is 0 Å². The quantitative estimate of drug-likeness (QED) is 0.206. The van der Waals surface area contributed by atoms with Crippen molar-refractivity contribution in [3.8, 4) is 39.1 Å². The molecule has 4 aromatic rings. The number of rotatable bonds is 8. The van der Waals surface area contributed by atoms with Crippen LogP contribution in [-0.2, 0) is 6.42 Å². The maximum absolute atomic E-state index is 15.0. The first-order valence-electron chi connectivity index (χ1n) is 11.7. The second-order valence-corrected chi connectivity index (χ2v) is 8.58. The maximum atomic E-state index is 15.0. The number of benzene rings is 4. The zero-order chi connectivity index (χ0) is 27.4. The van der Waals surface area contributed by atoms with E-state index in [2.05, 4.69) is 11.7 Å². The molecule has 38 heavy (non-hydrogen) atoms. The molecule has 0 unspecified atom stereocenters. The van der Waals surface area contributed by atoms with Gasteiger partial charge in [0.2, 0.25) is 0 Å². The van der Waals surface area contributed by atoms with E-state index in [1.807, 2.05) is 24.3 Å². The van der Waals surface area contributed by atoms with Crippen LogP contribution in [0.4, 0.5) is 30.7 Å². The Balaban J connectivity index is 1.57. The summed E-state index contributed by atoms with van der Waals surface area (Å²) in [6.45, 7) is 2.09. The summed E-state index contributed by atoms with van der Waals surface area (Å²) >= 11 is 0. The van der Waals surface area contributed by atoms with Crippen LogP contribution in [0.25, 0.3) is 33.4 Å². The Morgan fingerprint density at radius 2 is 1.18 bits per heavy atom. The highest BCUT2D eigenvalue weighted by atomic mass is 19.3. The smallest absolute Gasteiger partial charge is 0.425 e. The minimum atomic E-state index is -4.44. The van der Waals surface area contributed by atoms with Crippen LogP contribution >= 0.6 is 0 Å². The Bertz CT molecular complexity index is 1470. The van der Waals surface area contributed by atoms with Crippen molar-refractivity contribution in [1.29, 1.82) is 0 Å². The molecule has 0 atom stereocenters. The van der Waals surface area contributed by atoms with Gasteiger partial charge >= 0.3 is 6.11 Å². The van der Waals surface area contributed by atoms with E-state index in [1.54, 1.807) is 12.1 Å². The summed E-state index contributed by atoms with van der Waals surface area (Å²) in [4.78, 5) is 0. The van der Waals surface area contributed by atoms with Crippen molar-refractivity contribution >= 4 is 0 Å². The molecule has 0 saturated heterocycles. The second-order valence-electron chi connectivity index (χ2n) is 8.58. The third-order valence-electron chi connectivity index (χ3n) is 5.84. The predicted molar refractivity (Wildman–Crippen MR) is 132 cm³/mol. The summed E-state index contributed by atoms with van der Waals surface area (Å²) in [5.74, 6) is -3.66. The molecule has 0 aliphatic rings. The van der Waals surface area contributed by atoms with E-state index in [-0.39, 0.29) is 22.3 Å². The van der Waals surface area contributed by atoms with E-state index in [0.717, 1.165) is 42.7 Å². The average molecular weight is 530 g/mol. The minimum absolute atomic E-state index is 0.0169. The van der Waals surface area contributed by atoms with Gasteiger partial charge < -0.3 is 4.74 Å². The molecule has 196 valence electrons. The molecule has 0 fully saturated rings. The highest BCUT2D eigenvalue weighted by Gasteiger charge is 2.31. The van der Waals surface area contributed by atoms with Gasteiger partial charge in [0.15, 0.2) is 11.6 Å². The zero-order valence-corrected chi connectivity index (χ0v) is 20.1. The van der Waals surface area contributed by atoms with Gasteiger partial charge in [-0.05, 0) is 58.5 Å². The van der Waals surface area contributed by atoms with Crippen LogP contribution in [0.15, 0.2) is 91.0 Å². The lowest BCUT2D eigenvalue weighted by Gasteiger charge is -2.15. The maximum Gasteiger partial charge on any atom is 0.425 e. The van der Waals surface area contributed by atoms with Crippen LogP contribution in [-0.4, -0.2) is 6.11 Å². The van der Waals surface area contributed by atoms with Gasteiger partial charge in [-0.25, -0.2) is 13.2 Å². The molecule has 4 aromatic carbocycles. The highest BCUT2D eigenvalue weighted by molar-refractivity contribution is 5.74. The molecular weight excluding hydrogens is 509 g/mol. The first kappa shape index (κ1) is 27.0. The van der Waals surface area contributed by atoms with Gasteiger partial charge in [0, 0.05) is 11.1 Å². The van der Waals surface area contributed by atoms with Crippen LogP contribution in [0.5, 0.6) is 5.75 Å². The second kappa shape index (κ2) is 11.1. The summed E-state index contributed by atoms with van der Waals surface area (Å²) in [6, 6.07) is 18.9. The molecule has 8 heteroatoms. The molecule has 1 nitrogen and oxygen atoms in total. The molecule has 0 aromatic heterocycles. The fraction of sp³-hybridized carbons (Fsp3) is 0.133.